The van der Waals surface area contributed by atoms with Gasteiger partial charge in [0.15, 0.2) is 0 Å². The lowest BCUT2D eigenvalue weighted by Gasteiger charge is -2.32. The molecular weight excluding hydrogens is 578 g/mol. The number of hydrogen-bond acceptors (Lipinski definition) is 4. The van der Waals surface area contributed by atoms with Crippen molar-refractivity contribution in [2.75, 3.05) is 17.4 Å². The predicted octanol–water partition coefficient (Wildman–Crippen LogP) is 5.33. The van der Waals surface area contributed by atoms with Crippen molar-refractivity contribution in [1.29, 1.82) is 0 Å². The van der Waals surface area contributed by atoms with Crippen LogP contribution < -0.4 is 9.62 Å². The first-order chi connectivity index (χ1) is 18.5. The summed E-state index contributed by atoms with van der Waals surface area (Å²) in [4.78, 5) is 28.5. The molecule has 0 radical (unpaired) electrons. The third-order valence-corrected chi connectivity index (χ3v) is 8.92. The van der Waals surface area contributed by atoms with Gasteiger partial charge < -0.3 is 10.2 Å². The van der Waals surface area contributed by atoms with Crippen molar-refractivity contribution in [2.24, 2.45) is 0 Å². The Kier molecular flexibility index (Phi) is 10.7. The molecule has 0 saturated heterocycles. The van der Waals surface area contributed by atoms with E-state index in [1.165, 1.54) is 17.0 Å². The fraction of sp³-hybridized carbons (Fsp3) is 0.333. The van der Waals surface area contributed by atoms with Crippen LogP contribution in [0.4, 0.5) is 5.69 Å². The summed E-state index contributed by atoms with van der Waals surface area (Å²) in [7, 11) is -4.09. The first-order valence-electron chi connectivity index (χ1n) is 13.0. The molecule has 3 rings (SSSR count). The molecule has 3 aromatic rings. The van der Waals surface area contributed by atoms with E-state index in [0.717, 1.165) is 21.9 Å². The highest BCUT2D eigenvalue weighted by atomic mass is 79.9. The second kappa shape index (κ2) is 13.8. The maximum Gasteiger partial charge on any atom is 0.264 e. The molecule has 1 N–H and O–H groups in total. The predicted molar refractivity (Wildman–Crippen MR) is 159 cm³/mol. The summed E-state index contributed by atoms with van der Waals surface area (Å²) in [6.07, 6.45) is 1.27. The molecule has 39 heavy (non-hydrogen) atoms. The number of carbonyl (C=O) groups excluding carboxylic acids is 2. The molecule has 3 aromatic carbocycles. The van der Waals surface area contributed by atoms with Gasteiger partial charge in [-0.05, 0) is 69.5 Å². The van der Waals surface area contributed by atoms with Gasteiger partial charge in [-0.1, -0.05) is 76.9 Å². The molecule has 0 unspecified atom stereocenters. The van der Waals surface area contributed by atoms with Crippen molar-refractivity contribution in [3.63, 3.8) is 0 Å². The average Bonchev–Trinajstić information content (AvgIpc) is 2.92. The molecule has 2 atom stereocenters. The zero-order chi connectivity index (χ0) is 28.6. The van der Waals surface area contributed by atoms with E-state index in [0.29, 0.717) is 16.6 Å². The molecule has 0 saturated carbocycles. The number of rotatable bonds is 12. The molecule has 0 aromatic heterocycles. The van der Waals surface area contributed by atoms with Gasteiger partial charge in [0.1, 0.15) is 12.6 Å². The first-order valence-corrected chi connectivity index (χ1v) is 15.2. The van der Waals surface area contributed by atoms with Crippen LogP contribution in [0, 0.1) is 6.92 Å². The molecule has 9 heteroatoms. The van der Waals surface area contributed by atoms with Gasteiger partial charge in [0, 0.05) is 17.1 Å². The Morgan fingerprint density at radius 1 is 0.949 bits per heavy atom. The fourth-order valence-corrected chi connectivity index (χ4v) is 5.83. The minimum absolute atomic E-state index is 0.0499. The summed E-state index contributed by atoms with van der Waals surface area (Å²) in [5.74, 6) is -0.741. The van der Waals surface area contributed by atoms with E-state index in [4.69, 9.17) is 0 Å². The minimum Gasteiger partial charge on any atom is -0.352 e. The van der Waals surface area contributed by atoms with Crippen LogP contribution in [0.5, 0.6) is 0 Å². The van der Waals surface area contributed by atoms with Crippen LogP contribution in [0.1, 0.15) is 38.3 Å². The van der Waals surface area contributed by atoms with E-state index in [1.807, 2.05) is 51.1 Å². The van der Waals surface area contributed by atoms with Gasteiger partial charge in [-0.15, -0.1) is 0 Å². The van der Waals surface area contributed by atoms with E-state index in [1.54, 1.807) is 43.3 Å². The number of hydrogen-bond donors (Lipinski definition) is 1. The molecule has 2 amide bonds. The highest BCUT2D eigenvalue weighted by molar-refractivity contribution is 9.10. The van der Waals surface area contributed by atoms with Gasteiger partial charge in [-0.2, -0.15) is 0 Å². The Morgan fingerprint density at radius 2 is 1.62 bits per heavy atom. The van der Waals surface area contributed by atoms with Gasteiger partial charge in [0.25, 0.3) is 10.0 Å². The Hall–Kier alpha value is -3.17. The largest absolute Gasteiger partial charge is 0.352 e. The highest BCUT2D eigenvalue weighted by Crippen LogP contribution is 2.27. The summed E-state index contributed by atoms with van der Waals surface area (Å²) in [5.41, 5.74) is 2.28. The van der Waals surface area contributed by atoms with Crippen molar-refractivity contribution >= 4 is 43.5 Å². The minimum atomic E-state index is -4.09. The van der Waals surface area contributed by atoms with Crippen LogP contribution in [0.2, 0.25) is 0 Å². The van der Waals surface area contributed by atoms with Crippen LogP contribution in [-0.4, -0.2) is 50.3 Å². The topological polar surface area (TPSA) is 86.8 Å². The number of nitrogens with zero attached hydrogens (tertiary/aromatic N) is 2. The zero-order valence-corrected chi connectivity index (χ0v) is 25.2. The number of sulfonamides is 1. The quantitative estimate of drug-likeness (QED) is 0.299. The van der Waals surface area contributed by atoms with Gasteiger partial charge >= 0.3 is 0 Å². The van der Waals surface area contributed by atoms with E-state index in [9.17, 15) is 18.0 Å². The van der Waals surface area contributed by atoms with E-state index in [-0.39, 0.29) is 23.4 Å². The smallest absolute Gasteiger partial charge is 0.264 e. The lowest BCUT2D eigenvalue weighted by atomic mass is 10.1. The van der Waals surface area contributed by atoms with E-state index >= 15 is 0 Å². The second-order valence-electron chi connectivity index (χ2n) is 9.62. The SMILES string of the molecule is CC[C@@H](C)NC(=O)[C@H](C)N(CCc1ccccc1)C(=O)CN(c1cccc(Br)c1)S(=O)(=O)c1ccc(C)cc1. The number of aryl methyl sites for hydroxylation is 1. The van der Waals surface area contributed by atoms with Gasteiger partial charge in [0.05, 0.1) is 10.6 Å². The third kappa shape index (κ3) is 8.16. The number of halogens is 1. The molecule has 0 heterocycles. The lowest BCUT2D eigenvalue weighted by Crippen LogP contribution is -2.53. The highest BCUT2D eigenvalue weighted by Gasteiger charge is 2.32. The first kappa shape index (κ1) is 30.4. The molecule has 0 bridgehead atoms. The summed E-state index contributed by atoms with van der Waals surface area (Å²) in [6, 6.07) is 22.2. The second-order valence-corrected chi connectivity index (χ2v) is 12.4. The number of carbonyl (C=O) groups is 2. The number of amides is 2. The summed E-state index contributed by atoms with van der Waals surface area (Å²) in [5, 5.41) is 2.95. The molecule has 0 spiro atoms. The number of anilines is 1. The molecular formula is C30H36BrN3O4S. The van der Waals surface area contributed by atoms with Crippen LogP contribution in [0.15, 0.2) is 88.2 Å². The Morgan fingerprint density at radius 3 is 2.23 bits per heavy atom. The molecule has 7 nitrogen and oxygen atoms in total. The Balaban J connectivity index is 1.97. The van der Waals surface area contributed by atoms with Crippen molar-refractivity contribution in [1.82, 2.24) is 10.2 Å². The normalized spacial score (nSPS) is 12.8. The van der Waals surface area contributed by atoms with E-state index in [2.05, 4.69) is 21.2 Å². The number of nitrogens with one attached hydrogen (secondary N) is 1. The van der Waals surface area contributed by atoms with Crippen molar-refractivity contribution in [3.8, 4) is 0 Å². The zero-order valence-electron chi connectivity index (χ0n) is 22.8. The van der Waals surface area contributed by atoms with Gasteiger partial charge in [-0.3, -0.25) is 13.9 Å². The third-order valence-electron chi connectivity index (χ3n) is 6.64. The average molecular weight is 615 g/mol. The standard InChI is InChI=1S/C30H36BrN3O4S/c1-5-23(3)32-30(36)24(4)33(19-18-25-10-7-6-8-11-25)29(35)21-34(27-13-9-12-26(31)20-27)39(37,38)28-16-14-22(2)15-17-28/h6-17,20,23-24H,5,18-19,21H2,1-4H3,(H,32,36)/t23-,24+/m1/s1. The van der Waals surface area contributed by atoms with Crippen LogP contribution >= 0.6 is 15.9 Å². The van der Waals surface area contributed by atoms with Gasteiger partial charge in [-0.25, -0.2) is 8.42 Å². The lowest BCUT2D eigenvalue weighted by molar-refractivity contribution is -0.139. The molecule has 0 fully saturated rings. The fourth-order valence-electron chi connectivity index (χ4n) is 4.03. The van der Waals surface area contributed by atoms with Crippen LogP contribution in [-0.2, 0) is 26.0 Å². The molecule has 0 aliphatic heterocycles. The van der Waals surface area contributed by atoms with Crippen molar-refractivity contribution in [2.45, 2.75) is 57.5 Å². The summed E-state index contributed by atoms with van der Waals surface area (Å²) < 4.78 is 29.5. The maximum absolute atomic E-state index is 13.9. The van der Waals surface area contributed by atoms with Crippen molar-refractivity contribution < 1.29 is 18.0 Å². The monoisotopic (exact) mass is 613 g/mol. The Labute approximate surface area is 240 Å². The van der Waals surface area contributed by atoms with Crippen LogP contribution in [0.3, 0.4) is 0 Å². The maximum atomic E-state index is 13.9. The summed E-state index contributed by atoms with van der Waals surface area (Å²) >= 11 is 3.41. The van der Waals surface area contributed by atoms with Gasteiger partial charge in [0.2, 0.25) is 11.8 Å². The number of benzene rings is 3. The van der Waals surface area contributed by atoms with Crippen molar-refractivity contribution in [3.05, 3.63) is 94.5 Å². The summed E-state index contributed by atoms with van der Waals surface area (Å²) in [6.45, 7) is 7.24. The molecule has 0 aliphatic carbocycles. The Bertz CT molecular complexity index is 1360. The van der Waals surface area contributed by atoms with Crippen LogP contribution in [0.25, 0.3) is 0 Å². The molecule has 0 aliphatic rings. The molecule has 208 valence electrons. The van der Waals surface area contributed by atoms with E-state index < -0.39 is 28.5 Å².